The zero-order valence-electron chi connectivity index (χ0n) is 80.0. The van der Waals surface area contributed by atoms with E-state index in [2.05, 4.69) is 37.8 Å². The molecule has 6 N–H and O–H groups in total. The van der Waals surface area contributed by atoms with E-state index >= 15 is 0 Å². The highest BCUT2D eigenvalue weighted by atomic mass is 79.9. The average Bonchev–Trinajstić information content (AvgIpc) is 1.56. The second kappa shape index (κ2) is 45.7. The Kier molecular flexibility index (Phi) is 32.6. The number of aromatic nitrogens is 3. The molecular weight excluding hydrogens is 2080 g/mol. The van der Waals surface area contributed by atoms with Gasteiger partial charge < -0.3 is 74.4 Å². The molecule has 0 bridgehead atoms. The number of carbonyl (C=O) groups excluding carboxylic acids is 9. The Morgan fingerprint density at radius 1 is 0.473 bits per heavy atom. The van der Waals surface area contributed by atoms with Crippen molar-refractivity contribution in [1.29, 1.82) is 0 Å². The molecule has 8 atom stereocenters. The van der Waals surface area contributed by atoms with Crippen molar-refractivity contribution >= 4 is 208 Å². The Morgan fingerprint density at radius 2 is 0.897 bits per heavy atom. The number of aliphatic hydroxyl groups excluding tert-OH is 1. The number of aliphatic carboxylic acids is 2. The van der Waals surface area contributed by atoms with Gasteiger partial charge in [-0.2, -0.15) is 0 Å². The number of unbranched alkanes of at least 4 members (excludes halogenated alkanes) is 1. The summed E-state index contributed by atoms with van der Waals surface area (Å²) in [5.74, 6) is -1.96. The lowest BCUT2D eigenvalue weighted by Gasteiger charge is -2.42. The van der Waals surface area contributed by atoms with Crippen LogP contribution >= 0.6 is 109 Å². The molecule has 146 heavy (non-hydrogen) atoms. The van der Waals surface area contributed by atoms with E-state index in [1.165, 1.54) is 34.5 Å². The second-order valence-corrected chi connectivity index (χ2v) is 45.9. The molecule has 21 rings (SSSR count). The molecule has 758 valence electrons. The predicted octanol–water partition coefficient (Wildman–Crippen LogP) is 20.9. The van der Waals surface area contributed by atoms with Gasteiger partial charge in [-0.25, -0.2) is 0 Å². The normalized spacial score (nSPS) is 21.9. The Hall–Kier alpha value is -11.6. The van der Waals surface area contributed by atoms with Crippen molar-refractivity contribution in [1.82, 2.24) is 59.1 Å². The number of aromatic amines is 3. The molecule has 3 aromatic heterocycles. The third-order valence-corrected chi connectivity index (χ3v) is 34.8. The summed E-state index contributed by atoms with van der Waals surface area (Å²) in [5, 5.41) is 36.0. The maximum absolute atomic E-state index is 14.6. The van der Waals surface area contributed by atoms with Crippen LogP contribution in [0.25, 0.3) is 32.7 Å². The first-order valence-electron chi connectivity index (χ1n) is 49.2. The molecule has 9 amide bonds. The first-order valence-corrected chi connectivity index (χ1v) is 54.3. The first kappa shape index (κ1) is 104. The number of H-pyrrole nitrogens is 3. The number of benzene rings is 9. The zero-order valence-corrected chi connectivity index (χ0v) is 87.8. The molecule has 35 heteroatoms. The summed E-state index contributed by atoms with van der Waals surface area (Å²) in [5.41, 5.74) is 7.92. The van der Waals surface area contributed by atoms with Crippen molar-refractivity contribution in [2.24, 2.45) is 11.8 Å². The third kappa shape index (κ3) is 22.9. The molecule has 9 aromatic carbocycles. The number of nitrogens with zero attached hydrogens (tertiary/aromatic N) is 9. The van der Waals surface area contributed by atoms with Crippen molar-refractivity contribution in [3.63, 3.8) is 0 Å². The minimum Gasteiger partial charge on any atom is -0.481 e. The van der Waals surface area contributed by atoms with Crippen molar-refractivity contribution in [3.8, 4) is 0 Å². The van der Waals surface area contributed by atoms with Gasteiger partial charge in [0.15, 0.2) is 4.75 Å². The number of piperazine rings is 2. The number of amides is 9. The summed E-state index contributed by atoms with van der Waals surface area (Å²) in [6, 6.07) is 63.6. The number of nitrogens with one attached hydrogen (secondary N) is 3. The molecule has 8 fully saturated rings. The summed E-state index contributed by atoms with van der Waals surface area (Å²) in [4.78, 5) is 175. The minimum absolute atomic E-state index is 0.0109. The SMILES string of the molecule is CCCCC(=O)N1CCN(C(=O)C2=CC(=O)N(Cc3ccc(Br)cc3)C2c2c[nH]c3cc(Cl)ccc23)CC1.O=C(O)CC(c1ccc(Cl)cc1)N1C(=O)CC(Sc2ccccc2)(C(=O)O)C1c1ccc(Cl)cc1.O=C1CC(Sc2ccccc2)(C(=O)N2CCC(O)CC2)C(c2c[nH]c3cc(Cl)ccc23)N1CC1CC1.O=CN1CCN(C(=O)C2(Sc3ccccc3)CC(=O)N(CC3CC3)C2c2c[nH]c3cc(Cl)ccc23)CC1. The molecule has 8 unspecified atom stereocenters. The van der Waals surface area contributed by atoms with E-state index < -0.39 is 68.7 Å². The number of fused-ring (bicyclic) bond motifs is 3. The Balaban J connectivity index is 0.000000128. The van der Waals surface area contributed by atoms with E-state index in [0.717, 1.165) is 126 Å². The van der Waals surface area contributed by atoms with Gasteiger partial charge in [-0.1, -0.05) is 196 Å². The molecule has 26 nitrogen and oxygen atoms in total. The van der Waals surface area contributed by atoms with Crippen LogP contribution in [0.5, 0.6) is 0 Å². The first-order chi connectivity index (χ1) is 70.5. The van der Waals surface area contributed by atoms with Crippen molar-refractivity contribution < 1.29 is 68.1 Å². The summed E-state index contributed by atoms with van der Waals surface area (Å²) in [7, 11) is 0. The summed E-state index contributed by atoms with van der Waals surface area (Å²) < 4.78 is -2.69. The van der Waals surface area contributed by atoms with Gasteiger partial charge >= 0.3 is 11.9 Å². The lowest BCUT2D eigenvalue weighted by atomic mass is 9.90. The Morgan fingerprint density at radius 3 is 1.35 bits per heavy atom. The van der Waals surface area contributed by atoms with Crippen molar-refractivity contribution in [2.75, 3.05) is 78.5 Å². The van der Waals surface area contributed by atoms with Gasteiger partial charge in [-0.3, -0.25) is 52.7 Å². The average molecular weight is 2190 g/mol. The van der Waals surface area contributed by atoms with Gasteiger partial charge in [0.1, 0.15) is 9.49 Å². The van der Waals surface area contributed by atoms with E-state index in [9.17, 15) is 68.1 Å². The number of thioether (sulfide) groups is 3. The third-order valence-electron chi connectivity index (χ3n) is 28.8. The van der Waals surface area contributed by atoms with E-state index in [4.69, 9.17) is 58.0 Å². The molecule has 10 heterocycles. The number of aliphatic hydroxyl groups is 1. The number of carboxylic acids is 2. The van der Waals surface area contributed by atoms with Crippen molar-refractivity contribution in [3.05, 3.63) is 312 Å². The standard InChI is InChI=1S/C29H30BrClN4O3.C28H29ClN4O3S.C28H30ClN3O3S.C26H21Cl2NO5S/c1-2-3-4-26(36)33-11-13-34(14-12-33)29(38)23-16-27(37)35(18-19-5-7-20(30)8-6-19)28(23)24-17-32-25-15-21(31)9-10-22(24)25;29-20-8-9-22-23(16-30-24(22)14-20)26-28(37-21-4-2-1-3-5-21,15-25(35)33(26)17-19-6-7-19)27(36)32-12-10-31(18-34)11-13-32;29-19-8-9-22-23(16-30-24(22)14-19)26-28(36-21-4-2-1-3-5-21,15-25(34)32(26)17-18-6-7-18)27(35)31-12-10-20(33)11-13-31;27-18-10-6-16(7-11-18)21(14-23(31)32)29-22(30)15-26(25(33)34,35-20-4-2-1-3-5-20)24(29)17-8-12-19(28)13-9-17/h5-10,15-17,28,32H,2-4,11-14,18H2,1H3;1-5,8-9,14,16,18-19,26,30H,6-7,10-13,15,17H2;1-5,8-9,14,16,18,20,26,30,33H,6-7,10-13,15,17H2;1-13,21,24H,14-15H2,(H,31,32)(H,33,34). The molecule has 12 aromatic rings. The largest absolute Gasteiger partial charge is 0.481 e. The van der Waals surface area contributed by atoms with Gasteiger partial charge in [-0.05, 0) is 183 Å². The number of piperidine rings is 1. The number of halogens is 6. The van der Waals surface area contributed by atoms with Crippen LogP contribution in [0.1, 0.15) is 154 Å². The minimum atomic E-state index is -1.60. The van der Waals surface area contributed by atoms with Crippen molar-refractivity contribution in [2.45, 2.75) is 162 Å². The maximum atomic E-state index is 14.6. The monoisotopic (exact) mass is 2180 g/mol. The number of carboxylic acid groups (broad SMARTS) is 2. The fraction of sp³-hybridized carbons (Fsp3) is 0.342. The zero-order chi connectivity index (χ0) is 102. The highest BCUT2D eigenvalue weighted by Crippen LogP contribution is 2.60. The van der Waals surface area contributed by atoms with Crippen LogP contribution in [0.2, 0.25) is 25.1 Å². The number of likely N-dealkylation sites (tertiary alicyclic amines) is 4. The van der Waals surface area contributed by atoms with E-state index in [1.54, 1.807) is 87.5 Å². The van der Waals surface area contributed by atoms with Crippen LogP contribution in [-0.4, -0.2) is 239 Å². The van der Waals surface area contributed by atoms with E-state index in [-0.39, 0.29) is 66.7 Å². The van der Waals surface area contributed by atoms with E-state index in [0.29, 0.717) is 163 Å². The molecular formula is C111H110BrCl5N12O14S3. The summed E-state index contributed by atoms with van der Waals surface area (Å²) in [6.07, 6.45) is 15.3. The molecule has 9 aliphatic rings. The second-order valence-electron chi connectivity index (χ2n) is 38.6. The van der Waals surface area contributed by atoms with E-state index in [1.807, 2.05) is 189 Å². The molecule has 2 saturated carbocycles. The number of hydrogen-bond acceptors (Lipinski definition) is 15. The summed E-state index contributed by atoms with van der Waals surface area (Å²) in [6.45, 7) is 8.61. The highest BCUT2D eigenvalue weighted by Gasteiger charge is 2.64. The van der Waals surface area contributed by atoms with Gasteiger partial charge in [0.05, 0.1) is 62.0 Å². The Bertz CT molecular complexity index is 6890. The van der Waals surface area contributed by atoms with Gasteiger partial charge in [-0.15, -0.1) is 35.3 Å². The smallest absolute Gasteiger partial charge is 0.323 e. The van der Waals surface area contributed by atoms with Crippen LogP contribution in [0.4, 0.5) is 0 Å². The van der Waals surface area contributed by atoms with Crippen LogP contribution in [-0.2, 0) is 59.3 Å². The predicted molar refractivity (Wildman–Crippen MR) is 573 cm³/mol. The number of hydrogen-bond donors (Lipinski definition) is 6. The van der Waals surface area contributed by atoms with Gasteiger partial charge in [0, 0.05) is 215 Å². The van der Waals surface area contributed by atoms with Gasteiger partial charge in [0.25, 0.3) is 5.91 Å². The Labute approximate surface area is 891 Å². The lowest BCUT2D eigenvalue weighted by Crippen LogP contribution is -2.56. The molecule has 0 radical (unpaired) electrons. The molecule has 6 saturated heterocycles. The number of rotatable bonds is 28. The number of carbonyl (C=O) groups is 11. The van der Waals surface area contributed by atoms with Crippen LogP contribution in [0.3, 0.4) is 0 Å². The van der Waals surface area contributed by atoms with Gasteiger partial charge in [0.2, 0.25) is 47.8 Å². The molecule has 0 spiro atoms. The van der Waals surface area contributed by atoms with Crippen LogP contribution in [0.15, 0.2) is 268 Å². The summed E-state index contributed by atoms with van der Waals surface area (Å²) >= 11 is 38.5. The lowest BCUT2D eigenvalue weighted by molar-refractivity contribution is -0.141. The van der Waals surface area contributed by atoms with Crippen LogP contribution < -0.4 is 0 Å². The quantitative estimate of drug-likeness (QED) is 0.0248. The van der Waals surface area contributed by atoms with Crippen LogP contribution in [0, 0.1) is 11.8 Å². The highest BCUT2D eigenvalue weighted by molar-refractivity contribution is 9.10. The fourth-order valence-corrected chi connectivity index (χ4v) is 26.5. The molecule has 7 aliphatic heterocycles. The fourth-order valence-electron chi connectivity index (χ4n) is 21.1. The molecule has 2 aliphatic carbocycles. The maximum Gasteiger partial charge on any atom is 0.323 e. The topological polar surface area (TPSA) is 325 Å².